The summed E-state index contributed by atoms with van der Waals surface area (Å²) >= 11 is 0. The number of amides is 1. The van der Waals surface area contributed by atoms with Crippen molar-refractivity contribution < 1.29 is 9.90 Å². The van der Waals surface area contributed by atoms with Crippen LogP contribution in [0.15, 0.2) is 24.4 Å². The predicted molar refractivity (Wildman–Crippen MR) is 100 cm³/mol. The average Bonchev–Trinajstić information content (AvgIpc) is 3.02. The van der Waals surface area contributed by atoms with E-state index in [1.54, 1.807) is 0 Å². The highest BCUT2D eigenvalue weighted by Crippen LogP contribution is 2.49. The van der Waals surface area contributed by atoms with Crippen molar-refractivity contribution in [3.8, 4) is 0 Å². The molecule has 1 amide bonds. The molecule has 2 bridgehead atoms. The lowest BCUT2D eigenvalue weighted by atomic mass is 9.61. The SMILES string of the molecule is [B]c1cccc2c1c(C(=O)NCC13CCC(CC1)CC3)cn2CCO. The highest BCUT2D eigenvalue weighted by atomic mass is 16.3. The fourth-order valence-electron chi connectivity index (χ4n) is 4.81. The van der Waals surface area contributed by atoms with Crippen LogP contribution >= 0.6 is 0 Å². The Hall–Kier alpha value is -1.75. The van der Waals surface area contributed by atoms with E-state index in [-0.39, 0.29) is 12.5 Å². The van der Waals surface area contributed by atoms with Crippen LogP contribution in [0.25, 0.3) is 10.9 Å². The molecule has 3 saturated carbocycles. The topological polar surface area (TPSA) is 54.3 Å². The number of aliphatic hydroxyl groups is 1. The molecule has 5 rings (SSSR count). The van der Waals surface area contributed by atoms with Gasteiger partial charge in [0, 0.05) is 30.2 Å². The van der Waals surface area contributed by atoms with Gasteiger partial charge in [0.15, 0.2) is 0 Å². The van der Waals surface area contributed by atoms with E-state index in [4.69, 9.17) is 7.85 Å². The molecule has 2 N–H and O–H groups in total. The molecule has 0 aliphatic heterocycles. The minimum atomic E-state index is -0.0540. The van der Waals surface area contributed by atoms with Gasteiger partial charge in [-0.25, -0.2) is 0 Å². The smallest absolute Gasteiger partial charge is 0.253 e. The van der Waals surface area contributed by atoms with Gasteiger partial charge in [0.1, 0.15) is 7.85 Å². The van der Waals surface area contributed by atoms with E-state index in [9.17, 15) is 9.90 Å². The van der Waals surface area contributed by atoms with Crippen LogP contribution in [0.1, 0.15) is 48.9 Å². The first-order chi connectivity index (χ1) is 12.1. The maximum atomic E-state index is 12.9. The van der Waals surface area contributed by atoms with Gasteiger partial charge in [0.2, 0.25) is 0 Å². The standard InChI is InChI=1S/C20H25BN2O2/c21-16-2-1-3-17-18(16)15(12-23(17)10-11-24)19(25)22-13-20-7-4-14(5-8-20)6-9-20/h1-3,12,14,24H,4-11,13H2,(H,22,25). The lowest BCUT2D eigenvalue weighted by molar-refractivity contribution is 0.0598. The van der Waals surface area contributed by atoms with Crippen LogP contribution in [0.5, 0.6) is 0 Å². The van der Waals surface area contributed by atoms with E-state index in [0.29, 0.717) is 23.0 Å². The Balaban J connectivity index is 1.57. The normalized spacial score (nSPS) is 25.4. The van der Waals surface area contributed by atoms with Crippen molar-refractivity contribution in [2.24, 2.45) is 11.3 Å². The molecular weight excluding hydrogens is 311 g/mol. The van der Waals surface area contributed by atoms with Gasteiger partial charge in [-0.05, 0) is 55.9 Å². The Morgan fingerprint density at radius 2 is 2.00 bits per heavy atom. The molecule has 0 saturated heterocycles. The van der Waals surface area contributed by atoms with Gasteiger partial charge in [0.25, 0.3) is 5.91 Å². The molecule has 1 heterocycles. The molecule has 3 aliphatic rings. The minimum absolute atomic E-state index is 0.0317. The number of nitrogens with one attached hydrogen (secondary N) is 1. The lowest BCUT2D eigenvalue weighted by Crippen LogP contribution is -2.43. The number of fused-ring (bicyclic) bond motifs is 4. The van der Waals surface area contributed by atoms with Crippen molar-refractivity contribution in [3.63, 3.8) is 0 Å². The van der Waals surface area contributed by atoms with Crippen molar-refractivity contribution in [1.82, 2.24) is 9.88 Å². The van der Waals surface area contributed by atoms with Gasteiger partial charge < -0.3 is 15.0 Å². The van der Waals surface area contributed by atoms with Gasteiger partial charge in [-0.3, -0.25) is 4.79 Å². The number of carbonyl (C=O) groups is 1. The van der Waals surface area contributed by atoms with Crippen LogP contribution in [0, 0.1) is 11.3 Å². The molecule has 4 nitrogen and oxygen atoms in total. The Morgan fingerprint density at radius 1 is 1.28 bits per heavy atom. The zero-order valence-electron chi connectivity index (χ0n) is 14.6. The Bertz CT molecular complexity index is 777. The van der Waals surface area contributed by atoms with Gasteiger partial charge >= 0.3 is 0 Å². The summed E-state index contributed by atoms with van der Waals surface area (Å²) in [6, 6.07) is 5.65. The number of benzene rings is 1. The minimum Gasteiger partial charge on any atom is -0.395 e. The summed E-state index contributed by atoms with van der Waals surface area (Å²) in [4.78, 5) is 12.9. The van der Waals surface area contributed by atoms with Crippen LogP contribution in [0.2, 0.25) is 0 Å². The number of rotatable bonds is 5. The van der Waals surface area contributed by atoms with E-state index in [2.05, 4.69) is 5.32 Å². The summed E-state index contributed by atoms with van der Waals surface area (Å²) in [7, 11) is 6.15. The molecule has 0 spiro atoms. The maximum Gasteiger partial charge on any atom is 0.253 e. The van der Waals surface area contributed by atoms with Crippen LogP contribution in [-0.4, -0.2) is 36.6 Å². The molecular formula is C20H25BN2O2. The largest absolute Gasteiger partial charge is 0.395 e. The predicted octanol–water partition coefficient (Wildman–Crippen LogP) is 2.13. The van der Waals surface area contributed by atoms with Crippen LogP contribution < -0.4 is 10.8 Å². The Morgan fingerprint density at radius 3 is 2.68 bits per heavy atom. The van der Waals surface area contributed by atoms with E-state index in [1.165, 1.54) is 38.5 Å². The number of aliphatic hydroxyl groups excluding tert-OH is 1. The molecule has 25 heavy (non-hydrogen) atoms. The molecule has 1 aromatic carbocycles. The second-order valence-corrected chi connectivity index (χ2v) is 7.87. The fraction of sp³-hybridized carbons (Fsp3) is 0.550. The second-order valence-electron chi connectivity index (χ2n) is 7.87. The van der Waals surface area contributed by atoms with E-state index >= 15 is 0 Å². The highest BCUT2D eigenvalue weighted by molar-refractivity contribution is 6.40. The van der Waals surface area contributed by atoms with Crippen molar-refractivity contribution >= 4 is 30.1 Å². The third-order valence-corrected chi connectivity index (χ3v) is 6.40. The number of carbonyl (C=O) groups excluding carboxylic acids is 1. The Kier molecular flexibility index (Phi) is 4.36. The second kappa shape index (κ2) is 6.52. The summed E-state index contributed by atoms with van der Waals surface area (Å²) < 4.78 is 1.91. The van der Waals surface area contributed by atoms with Crippen LogP contribution in [-0.2, 0) is 6.54 Å². The summed E-state index contributed by atoms with van der Waals surface area (Å²) in [6.07, 6.45) is 9.50. The number of hydrogen-bond donors (Lipinski definition) is 2. The fourth-order valence-corrected chi connectivity index (χ4v) is 4.81. The average molecular weight is 336 g/mol. The third kappa shape index (κ3) is 2.99. The summed E-state index contributed by atoms with van der Waals surface area (Å²) in [5, 5.41) is 13.3. The van der Waals surface area contributed by atoms with Gasteiger partial charge in [0.05, 0.1) is 12.2 Å². The van der Waals surface area contributed by atoms with Crippen molar-refractivity contribution in [1.29, 1.82) is 0 Å². The third-order valence-electron chi connectivity index (χ3n) is 6.40. The zero-order chi connectivity index (χ0) is 17.4. The first-order valence-corrected chi connectivity index (χ1v) is 9.38. The molecule has 2 aromatic rings. The summed E-state index contributed by atoms with van der Waals surface area (Å²) in [5.41, 5.74) is 2.42. The quantitative estimate of drug-likeness (QED) is 0.822. The number of aromatic nitrogens is 1. The van der Waals surface area contributed by atoms with Gasteiger partial charge in [-0.1, -0.05) is 17.6 Å². The van der Waals surface area contributed by atoms with E-state index in [0.717, 1.165) is 23.4 Å². The Labute approximate surface area is 150 Å². The number of hydrogen-bond acceptors (Lipinski definition) is 2. The van der Waals surface area contributed by atoms with Crippen LogP contribution in [0.3, 0.4) is 0 Å². The first-order valence-electron chi connectivity index (χ1n) is 9.38. The number of nitrogens with zero attached hydrogens (tertiary/aromatic N) is 1. The molecule has 130 valence electrons. The van der Waals surface area contributed by atoms with E-state index in [1.807, 2.05) is 29.0 Å². The molecule has 2 radical (unpaired) electrons. The van der Waals surface area contributed by atoms with Crippen LogP contribution in [0.4, 0.5) is 0 Å². The molecule has 0 unspecified atom stereocenters. The maximum absolute atomic E-state index is 12.9. The molecule has 3 fully saturated rings. The first kappa shape index (κ1) is 16.7. The van der Waals surface area contributed by atoms with Crippen molar-refractivity contribution in [2.75, 3.05) is 13.2 Å². The zero-order valence-corrected chi connectivity index (χ0v) is 14.6. The summed E-state index contributed by atoms with van der Waals surface area (Å²) in [5.74, 6) is 0.871. The van der Waals surface area contributed by atoms with Crippen molar-refractivity contribution in [3.05, 3.63) is 30.0 Å². The summed E-state index contributed by atoms with van der Waals surface area (Å²) in [6.45, 7) is 1.25. The van der Waals surface area contributed by atoms with Gasteiger partial charge in [-0.2, -0.15) is 0 Å². The molecule has 5 heteroatoms. The van der Waals surface area contributed by atoms with E-state index < -0.39 is 0 Å². The molecule has 3 aliphatic carbocycles. The highest BCUT2D eigenvalue weighted by Gasteiger charge is 2.40. The lowest BCUT2D eigenvalue weighted by Gasteiger charge is -2.46. The molecule has 1 aromatic heterocycles. The van der Waals surface area contributed by atoms with Crippen molar-refractivity contribution in [2.45, 2.75) is 45.1 Å². The monoisotopic (exact) mass is 336 g/mol. The van der Waals surface area contributed by atoms with Gasteiger partial charge in [-0.15, -0.1) is 0 Å². The molecule has 0 atom stereocenters.